The van der Waals surface area contributed by atoms with Crippen LogP contribution in [0.2, 0.25) is 0 Å². The average molecular weight is 258 g/mol. The predicted molar refractivity (Wildman–Crippen MR) is 73.3 cm³/mol. The van der Waals surface area contributed by atoms with Crippen LogP contribution in [-0.4, -0.2) is 21.0 Å². The van der Waals surface area contributed by atoms with Gasteiger partial charge in [-0.2, -0.15) is 0 Å². The summed E-state index contributed by atoms with van der Waals surface area (Å²) in [5.74, 6) is -0.188. The second-order valence-corrected chi connectivity index (χ2v) is 4.93. The van der Waals surface area contributed by atoms with E-state index in [1.54, 1.807) is 6.20 Å². The number of hydrogen-bond acceptors (Lipinski definition) is 2. The van der Waals surface area contributed by atoms with Gasteiger partial charge >= 0.3 is 5.97 Å². The fraction of sp³-hybridized carbons (Fsp3) is 0.333. The lowest BCUT2D eigenvalue weighted by Crippen LogP contribution is -2.10. The summed E-state index contributed by atoms with van der Waals surface area (Å²) in [6.07, 6.45) is 1.79. The first-order valence-electron chi connectivity index (χ1n) is 6.28. The van der Waals surface area contributed by atoms with Crippen molar-refractivity contribution in [2.45, 2.75) is 33.1 Å². The highest BCUT2D eigenvalue weighted by Crippen LogP contribution is 2.29. The third-order valence-corrected chi connectivity index (χ3v) is 3.28. The third-order valence-electron chi connectivity index (χ3n) is 3.28. The van der Waals surface area contributed by atoms with Crippen LogP contribution in [0, 0.1) is 20.8 Å². The van der Waals surface area contributed by atoms with Crippen LogP contribution in [0.1, 0.15) is 40.5 Å². The van der Waals surface area contributed by atoms with Crippen molar-refractivity contribution in [3.05, 3.63) is 52.6 Å². The minimum absolute atomic E-state index is 0.0610. The molecule has 1 unspecified atom stereocenters. The molecule has 4 nitrogen and oxygen atoms in total. The Balaban J connectivity index is 2.45. The van der Waals surface area contributed by atoms with E-state index in [-0.39, 0.29) is 12.3 Å². The number of rotatable bonds is 4. The summed E-state index contributed by atoms with van der Waals surface area (Å²) >= 11 is 0. The minimum atomic E-state index is -0.808. The molecular weight excluding hydrogens is 240 g/mol. The Morgan fingerprint density at radius 2 is 2.11 bits per heavy atom. The van der Waals surface area contributed by atoms with Gasteiger partial charge in [0.25, 0.3) is 0 Å². The number of carboxylic acid groups (broad SMARTS) is 1. The second-order valence-electron chi connectivity index (χ2n) is 4.93. The molecule has 0 fully saturated rings. The lowest BCUT2D eigenvalue weighted by atomic mass is 9.89. The van der Waals surface area contributed by atoms with Crippen molar-refractivity contribution < 1.29 is 9.90 Å². The average Bonchev–Trinajstić information content (AvgIpc) is 2.73. The zero-order valence-corrected chi connectivity index (χ0v) is 11.4. The molecule has 0 saturated carbocycles. The molecule has 1 heterocycles. The van der Waals surface area contributed by atoms with Gasteiger partial charge in [-0.25, -0.2) is 4.98 Å². The molecular formula is C15H18N2O2. The number of H-pyrrole nitrogens is 1. The molecule has 100 valence electrons. The number of nitrogens with zero attached hydrogens (tertiary/aromatic N) is 1. The number of carboxylic acids is 1. The zero-order chi connectivity index (χ0) is 14.0. The van der Waals surface area contributed by atoms with Gasteiger partial charge in [0.1, 0.15) is 5.82 Å². The molecule has 0 aliphatic heterocycles. The third kappa shape index (κ3) is 3.02. The van der Waals surface area contributed by atoms with E-state index in [4.69, 9.17) is 5.11 Å². The van der Waals surface area contributed by atoms with E-state index in [0.717, 1.165) is 22.6 Å². The highest BCUT2D eigenvalue weighted by molar-refractivity contribution is 5.69. The summed E-state index contributed by atoms with van der Waals surface area (Å²) in [5, 5.41) is 9.12. The Bertz CT molecular complexity index is 602. The molecule has 0 amide bonds. The largest absolute Gasteiger partial charge is 0.481 e. The molecule has 2 aromatic rings. The highest BCUT2D eigenvalue weighted by atomic mass is 16.4. The van der Waals surface area contributed by atoms with Gasteiger partial charge in [-0.3, -0.25) is 4.79 Å². The Kier molecular flexibility index (Phi) is 3.69. The number of nitrogens with one attached hydrogen (secondary N) is 1. The second kappa shape index (κ2) is 5.26. The summed E-state index contributed by atoms with van der Waals surface area (Å²) < 4.78 is 0. The van der Waals surface area contributed by atoms with E-state index < -0.39 is 5.97 Å². The van der Waals surface area contributed by atoms with Crippen molar-refractivity contribution >= 4 is 5.97 Å². The fourth-order valence-corrected chi connectivity index (χ4v) is 2.40. The Morgan fingerprint density at radius 3 is 2.63 bits per heavy atom. The molecule has 19 heavy (non-hydrogen) atoms. The SMILES string of the molecule is Cc1ccc(C(CC(=O)O)c2cnc(C)[nH]2)c(C)c1. The standard InChI is InChI=1S/C15H18N2O2/c1-9-4-5-12(10(2)6-9)13(7-15(18)19)14-8-16-11(3)17-14/h4-6,8,13H,7H2,1-3H3,(H,16,17)(H,18,19). The van der Waals surface area contributed by atoms with Crippen LogP contribution in [0.25, 0.3) is 0 Å². The summed E-state index contributed by atoms with van der Waals surface area (Å²) in [6, 6.07) is 6.10. The predicted octanol–water partition coefficient (Wildman–Crippen LogP) is 2.94. The van der Waals surface area contributed by atoms with Gasteiger partial charge in [-0.15, -0.1) is 0 Å². The van der Waals surface area contributed by atoms with E-state index in [0.29, 0.717) is 0 Å². The highest BCUT2D eigenvalue weighted by Gasteiger charge is 2.21. The van der Waals surface area contributed by atoms with Gasteiger partial charge in [0.2, 0.25) is 0 Å². The topological polar surface area (TPSA) is 66.0 Å². The maximum absolute atomic E-state index is 11.1. The number of carbonyl (C=O) groups is 1. The van der Waals surface area contributed by atoms with Crippen molar-refractivity contribution in [1.29, 1.82) is 0 Å². The van der Waals surface area contributed by atoms with E-state index >= 15 is 0 Å². The normalized spacial score (nSPS) is 12.4. The van der Waals surface area contributed by atoms with E-state index in [1.165, 1.54) is 5.56 Å². The quantitative estimate of drug-likeness (QED) is 0.886. The first kappa shape index (κ1) is 13.3. The smallest absolute Gasteiger partial charge is 0.304 e. The zero-order valence-electron chi connectivity index (χ0n) is 11.4. The van der Waals surface area contributed by atoms with Gasteiger partial charge in [0.15, 0.2) is 0 Å². The van der Waals surface area contributed by atoms with Crippen molar-refractivity contribution in [3.63, 3.8) is 0 Å². The molecule has 1 aromatic carbocycles. The maximum Gasteiger partial charge on any atom is 0.304 e. The number of aryl methyl sites for hydroxylation is 3. The van der Waals surface area contributed by atoms with E-state index in [9.17, 15) is 4.79 Å². The van der Waals surface area contributed by atoms with Gasteiger partial charge < -0.3 is 10.1 Å². The number of benzene rings is 1. The molecule has 2 rings (SSSR count). The summed E-state index contributed by atoms with van der Waals surface area (Å²) in [7, 11) is 0. The number of aromatic nitrogens is 2. The first-order valence-corrected chi connectivity index (χ1v) is 6.28. The van der Waals surface area contributed by atoms with Gasteiger partial charge in [-0.1, -0.05) is 23.8 Å². The number of hydrogen-bond donors (Lipinski definition) is 2. The van der Waals surface area contributed by atoms with Crippen molar-refractivity contribution in [3.8, 4) is 0 Å². The molecule has 1 aromatic heterocycles. The molecule has 0 bridgehead atoms. The Labute approximate surface area is 112 Å². The van der Waals surface area contributed by atoms with E-state index in [1.807, 2.05) is 32.9 Å². The van der Waals surface area contributed by atoms with Crippen LogP contribution in [0.4, 0.5) is 0 Å². The maximum atomic E-state index is 11.1. The molecule has 0 aliphatic carbocycles. The van der Waals surface area contributed by atoms with Crippen LogP contribution in [0.15, 0.2) is 24.4 Å². The summed E-state index contributed by atoms with van der Waals surface area (Å²) in [4.78, 5) is 18.4. The van der Waals surface area contributed by atoms with E-state index in [2.05, 4.69) is 16.0 Å². The molecule has 0 aliphatic rings. The van der Waals surface area contributed by atoms with Crippen LogP contribution >= 0.6 is 0 Å². The van der Waals surface area contributed by atoms with Crippen LogP contribution in [-0.2, 0) is 4.79 Å². The van der Waals surface area contributed by atoms with Crippen LogP contribution in [0.3, 0.4) is 0 Å². The summed E-state index contributed by atoms with van der Waals surface area (Å²) in [5.41, 5.74) is 4.18. The molecule has 0 spiro atoms. The fourth-order valence-electron chi connectivity index (χ4n) is 2.40. The van der Waals surface area contributed by atoms with Crippen LogP contribution < -0.4 is 0 Å². The molecule has 4 heteroatoms. The lowest BCUT2D eigenvalue weighted by Gasteiger charge is -2.16. The van der Waals surface area contributed by atoms with Crippen LogP contribution in [0.5, 0.6) is 0 Å². The van der Waals surface area contributed by atoms with Gasteiger partial charge in [0.05, 0.1) is 6.42 Å². The molecule has 0 radical (unpaired) electrons. The van der Waals surface area contributed by atoms with Crippen molar-refractivity contribution in [2.24, 2.45) is 0 Å². The number of imidazole rings is 1. The number of aromatic amines is 1. The Hall–Kier alpha value is -2.10. The lowest BCUT2D eigenvalue weighted by molar-refractivity contribution is -0.137. The van der Waals surface area contributed by atoms with Crippen molar-refractivity contribution in [2.75, 3.05) is 0 Å². The molecule has 1 atom stereocenters. The first-order chi connectivity index (χ1) is 8.97. The minimum Gasteiger partial charge on any atom is -0.481 e. The van der Waals surface area contributed by atoms with Gasteiger partial charge in [0, 0.05) is 17.8 Å². The number of aliphatic carboxylic acids is 1. The molecule has 2 N–H and O–H groups in total. The summed E-state index contributed by atoms with van der Waals surface area (Å²) in [6.45, 7) is 5.91. The Morgan fingerprint density at radius 1 is 1.37 bits per heavy atom. The monoisotopic (exact) mass is 258 g/mol. The molecule has 0 saturated heterocycles. The van der Waals surface area contributed by atoms with Crippen molar-refractivity contribution in [1.82, 2.24) is 9.97 Å². The van der Waals surface area contributed by atoms with Gasteiger partial charge in [-0.05, 0) is 31.9 Å².